The summed E-state index contributed by atoms with van der Waals surface area (Å²) in [6, 6.07) is 30.8. The van der Waals surface area contributed by atoms with Crippen molar-refractivity contribution >= 4 is 27.5 Å². The molecule has 0 aliphatic heterocycles. The lowest BCUT2D eigenvalue weighted by atomic mass is 10.0. The molecule has 4 aromatic carbocycles. The van der Waals surface area contributed by atoms with Gasteiger partial charge in [-0.05, 0) is 54.8 Å². The number of sulfonamides is 1. The number of ether oxygens (including phenoxy) is 1. The van der Waals surface area contributed by atoms with Gasteiger partial charge >= 0.3 is 0 Å². The first-order valence-corrected chi connectivity index (χ1v) is 15.6. The van der Waals surface area contributed by atoms with Gasteiger partial charge in [-0.1, -0.05) is 78.9 Å². The smallest absolute Gasteiger partial charge is 0.264 e. The molecule has 1 atom stereocenters. The number of amides is 2. The third-order valence-electron chi connectivity index (χ3n) is 7.18. The average Bonchev–Trinajstić information content (AvgIpc) is 3.03. The van der Waals surface area contributed by atoms with E-state index in [1.165, 1.54) is 24.1 Å². The van der Waals surface area contributed by atoms with Gasteiger partial charge in [-0.15, -0.1) is 0 Å². The zero-order chi connectivity index (χ0) is 30.8. The topological polar surface area (TPSA) is 96.0 Å². The molecule has 0 fully saturated rings. The van der Waals surface area contributed by atoms with Gasteiger partial charge in [-0.2, -0.15) is 0 Å². The Morgan fingerprint density at radius 1 is 0.860 bits per heavy atom. The highest BCUT2D eigenvalue weighted by atomic mass is 32.2. The summed E-state index contributed by atoms with van der Waals surface area (Å²) in [5.41, 5.74) is 2.96. The third-order valence-corrected chi connectivity index (χ3v) is 8.96. The highest BCUT2D eigenvalue weighted by Gasteiger charge is 2.34. The predicted octanol–water partition coefficient (Wildman–Crippen LogP) is 4.98. The molecule has 224 valence electrons. The Morgan fingerprint density at radius 3 is 2.16 bits per heavy atom. The number of carbonyl (C=O) groups is 2. The Bertz CT molecular complexity index is 1630. The predicted molar refractivity (Wildman–Crippen MR) is 168 cm³/mol. The molecule has 1 unspecified atom stereocenters. The fourth-order valence-corrected chi connectivity index (χ4v) is 6.26. The average molecular weight is 600 g/mol. The van der Waals surface area contributed by atoms with Crippen LogP contribution in [0, 0.1) is 6.92 Å². The summed E-state index contributed by atoms with van der Waals surface area (Å²) >= 11 is 0. The molecule has 0 aromatic heterocycles. The first kappa shape index (κ1) is 31.3. The van der Waals surface area contributed by atoms with Gasteiger partial charge in [-0.3, -0.25) is 13.9 Å². The van der Waals surface area contributed by atoms with Crippen molar-refractivity contribution < 1.29 is 22.7 Å². The second-order valence-electron chi connectivity index (χ2n) is 10.1. The van der Waals surface area contributed by atoms with Crippen molar-refractivity contribution in [2.75, 3.05) is 24.5 Å². The van der Waals surface area contributed by atoms with E-state index in [4.69, 9.17) is 4.74 Å². The van der Waals surface area contributed by atoms with Crippen LogP contribution in [0.5, 0.6) is 5.75 Å². The molecule has 1 N–H and O–H groups in total. The van der Waals surface area contributed by atoms with Crippen LogP contribution in [-0.2, 0) is 32.6 Å². The van der Waals surface area contributed by atoms with Crippen molar-refractivity contribution in [2.45, 2.75) is 37.8 Å². The number of benzene rings is 4. The number of carbonyl (C=O) groups excluding carboxylic acids is 2. The van der Waals surface area contributed by atoms with Gasteiger partial charge in [0.2, 0.25) is 11.8 Å². The Kier molecular flexibility index (Phi) is 10.6. The number of nitrogens with zero attached hydrogens (tertiary/aromatic N) is 2. The summed E-state index contributed by atoms with van der Waals surface area (Å²) in [4.78, 5) is 29.5. The van der Waals surface area contributed by atoms with Crippen LogP contribution in [0.4, 0.5) is 5.69 Å². The summed E-state index contributed by atoms with van der Waals surface area (Å²) in [7, 11) is -2.68. The van der Waals surface area contributed by atoms with Crippen LogP contribution in [0.1, 0.15) is 23.6 Å². The summed E-state index contributed by atoms with van der Waals surface area (Å²) in [5.74, 6) is -0.385. The summed E-state index contributed by atoms with van der Waals surface area (Å²) in [6.07, 6.45) is 0.259. The molecule has 43 heavy (non-hydrogen) atoms. The molecular formula is C34H37N3O5S. The van der Waals surface area contributed by atoms with E-state index in [1.54, 1.807) is 42.5 Å². The Labute approximate surface area is 254 Å². The maximum atomic E-state index is 14.4. The minimum Gasteiger partial charge on any atom is -0.497 e. The molecule has 0 bridgehead atoms. The lowest BCUT2D eigenvalue weighted by Gasteiger charge is -2.34. The summed E-state index contributed by atoms with van der Waals surface area (Å²) < 4.78 is 34.5. The van der Waals surface area contributed by atoms with Crippen molar-refractivity contribution in [3.63, 3.8) is 0 Å². The van der Waals surface area contributed by atoms with Crippen LogP contribution in [0.25, 0.3) is 0 Å². The second kappa shape index (κ2) is 14.5. The van der Waals surface area contributed by atoms with Crippen molar-refractivity contribution in [3.05, 3.63) is 126 Å². The van der Waals surface area contributed by atoms with Gasteiger partial charge in [0.05, 0.1) is 17.7 Å². The number of hydrogen-bond acceptors (Lipinski definition) is 5. The van der Waals surface area contributed by atoms with Crippen molar-refractivity contribution in [1.82, 2.24) is 10.2 Å². The molecular weight excluding hydrogens is 562 g/mol. The van der Waals surface area contributed by atoms with Crippen LogP contribution in [0.3, 0.4) is 0 Å². The second-order valence-corrected chi connectivity index (χ2v) is 11.9. The van der Waals surface area contributed by atoms with E-state index in [-0.39, 0.29) is 29.5 Å². The fraction of sp³-hybridized carbons (Fsp3) is 0.235. The molecule has 8 nitrogen and oxygen atoms in total. The summed E-state index contributed by atoms with van der Waals surface area (Å²) in [6.45, 7) is 3.74. The van der Waals surface area contributed by atoms with Gasteiger partial charge in [0.1, 0.15) is 18.3 Å². The van der Waals surface area contributed by atoms with E-state index >= 15 is 0 Å². The molecule has 4 rings (SSSR count). The molecule has 0 saturated carbocycles. The van der Waals surface area contributed by atoms with Gasteiger partial charge in [0.15, 0.2) is 0 Å². The molecule has 0 heterocycles. The van der Waals surface area contributed by atoms with Crippen LogP contribution >= 0.6 is 0 Å². The highest BCUT2D eigenvalue weighted by molar-refractivity contribution is 7.92. The molecule has 0 spiro atoms. The van der Waals surface area contributed by atoms with Crippen LogP contribution in [0.2, 0.25) is 0 Å². The van der Waals surface area contributed by atoms with E-state index in [0.717, 1.165) is 21.0 Å². The monoisotopic (exact) mass is 599 g/mol. The Balaban J connectivity index is 1.81. The quantitative estimate of drug-likeness (QED) is 0.234. The van der Waals surface area contributed by atoms with E-state index in [1.807, 2.05) is 68.4 Å². The lowest BCUT2D eigenvalue weighted by molar-refractivity contribution is -0.140. The van der Waals surface area contributed by atoms with E-state index in [2.05, 4.69) is 5.32 Å². The molecule has 0 aliphatic carbocycles. The van der Waals surface area contributed by atoms with Gasteiger partial charge in [0, 0.05) is 25.6 Å². The highest BCUT2D eigenvalue weighted by Crippen LogP contribution is 2.28. The van der Waals surface area contributed by atoms with E-state index < -0.39 is 28.5 Å². The maximum absolute atomic E-state index is 14.4. The molecule has 0 aliphatic rings. The fourth-order valence-electron chi connectivity index (χ4n) is 4.83. The molecule has 0 saturated heterocycles. The molecule has 4 aromatic rings. The van der Waals surface area contributed by atoms with Gasteiger partial charge in [-0.25, -0.2) is 8.42 Å². The number of nitrogens with one attached hydrogen (secondary N) is 1. The number of anilines is 1. The number of hydrogen-bond donors (Lipinski definition) is 1. The number of methoxy groups -OCH3 is 1. The minimum atomic E-state index is -4.17. The van der Waals surface area contributed by atoms with Crippen LogP contribution < -0.4 is 14.4 Å². The number of likely N-dealkylation sites (N-methyl/N-ethyl adjacent to an activating group) is 1. The van der Waals surface area contributed by atoms with Crippen molar-refractivity contribution in [1.29, 1.82) is 0 Å². The summed E-state index contributed by atoms with van der Waals surface area (Å²) in [5, 5.41) is 2.88. The van der Waals surface area contributed by atoms with E-state index in [0.29, 0.717) is 12.3 Å². The molecule has 0 radical (unpaired) electrons. The normalized spacial score (nSPS) is 11.8. The standard InChI is InChI=1S/C34H37N3O5S/c1-4-35-34(39)32(22-27-15-7-5-8-16-27)36(24-28-17-12-11-14-26(28)2)33(38)25-37(29-18-13-19-30(23-29)42-3)43(40,41)31-20-9-6-10-21-31/h5-21,23,32H,4,22,24-25H2,1-3H3,(H,35,39). The first-order valence-electron chi connectivity index (χ1n) is 14.1. The zero-order valence-corrected chi connectivity index (χ0v) is 25.5. The third kappa shape index (κ3) is 7.81. The van der Waals surface area contributed by atoms with Gasteiger partial charge < -0.3 is 15.0 Å². The molecule has 2 amide bonds. The van der Waals surface area contributed by atoms with Crippen molar-refractivity contribution in [2.24, 2.45) is 0 Å². The first-order chi connectivity index (χ1) is 20.7. The van der Waals surface area contributed by atoms with Crippen molar-refractivity contribution in [3.8, 4) is 5.75 Å². The molecule has 9 heteroatoms. The Hall–Kier alpha value is -4.63. The van der Waals surface area contributed by atoms with E-state index in [9.17, 15) is 18.0 Å². The number of aryl methyl sites for hydroxylation is 1. The van der Waals surface area contributed by atoms with Crippen LogP contribution in [-0.4, -0.2) is 51.4 Å². The van der Waals surface area contributed by atoms with Gasteiger partial charge in [0.25, 0.3) is 10.0 Å². The Morgan fingerprint density at radius 2 is 1.51 bits per heavy atom. The number of rotatable bonds is 13. The minimum absolute atomic E-state index is 0.0423. The maximum Gasteiger partial charge on any atom is 0.264 e. The zero-order valence-electron chi connectivity index (χ0n) is 24.6. The SMILES string of the molecule is CCNC(=O)C(Cc1ccccc1)N(Cc1ccccc1C)C(=O)CN(c1cccc(OC)c1)S(=O)(=O)c1ccccc1. The lowest BCUT2D eigenvalue weighted by Crippen LogP contribution is -2.53. The van der Waals surface area contributed by atoms with Crippen LogP contribution in [0.15, 0.2) is 114 Å². The largest absolute Gasteiger partial charge is 0.497 e.